The molecule has 1 heterocycles. The first-order chi connectivity index (χ1) is 7.21. The molecule has 5 heteroatoms. The maximum atomic E-state index is 5.57. The first-order valence-electron chi connectivity index (χ1n) is 5.32. The molecule has 84 valence electrons. The molecule has 5 nitrogen and oxygen atoms in total. The summed E-state index contributed by atoms with van der Waals surface area (Å²) in [6.07, 6.45) is 4.37. The Hall–Kier alpha value is -1.10. The number of methoxy groups -OCH3 is 1. The molecule has 0 amide bonds. The number of nitrogens with one attached hydrogen (secondary N) is 1. The van der Waals surface area contributed by atoms with Crippen LogP contribution < -0.4 is 5.32 Å². The van der Waals surface area contributed by atoms with Gasteiger partial charge < -0.3 is 14.6 Å². The second-order valence-electron chi connectivity index (χ2n) is 4.17. The van der Waals surface area contributed by atoms with E-state index in [4.69, 9.17) is 4.74 Å². The minimum Gasteiger partial charge on any atom is -0.378 e. The normalized spacial score (nSPS) is 18.6. The zero-order valence-corrected chi connectivity index (χ0v) is 9.58. The molecule has 0 radical (unpaired) electrons. The number of rotatable bonds is 4. The van der Waals surface area contributed by atoms with Crippen LogP contribution >= 0.6 is 0 Å². The van der Waals surface area contributed by atoms with Crippen LogP contribution in [0.4, 0.5) is 5.95 Å². The predicted octanol–water partition coefficient (Wildman–Crippen LogP) is 0.968. The van der Waals surface area contributed by atoms with Crippen molar-refractivity contribution >= 4 is 5.95 Å². The van der Waals surface area contributed by atoms with Crippen LogP contribution in [0.15, 0.2) is 0 Å². The van der Waals surface area contributed by atoms with Gasteiger partial charge in [0, 0.05) is 27.6 Å². The van der Waals surface area contributed by atoms with E-state index in [2.05, 4.69) is 15.5 Å². The number of anilines is 1. The Morgan fingerprint density at radius 2 is 2.20 bits per heavy atom. The van der Waals surface area contributed by atoms with Gasteiger partial charge in [-0.25, -0.2) is 0 Å². The first kappa shape index (κ1) is 10.4. The molecule has 15 heavy (non-hydrogen) atoms. The van der Waals surface area contributed by atoms with E-state index < -0.39 is 0 Å². The van der Waals surface area contributed by atoms with E-state index in [9.17, 15) is 0 Å². The highest BCUT2D eigenvalue weighted by molar-refractivity contribution is 5.24. The van der Waals surface area contributed by atoms with Crippen LogP contribution in [0.5, 0.6) is 0 Å². The van der Waals surface area contributed by atoms with Gasteiger partial charge in [-0.2, -0.15) is 0 Å². The third kappa shape index (κ3) is 1.71. The number of hydrogen-bond donors (Lipinski definition) is 1. The largest absolute Gasteiger partial charge is 0.378 e. The molecule has 1 aromatic rings. The third-order valence-electron chi connectivity index (χ3n) is 3.37. The molecule has 1 N–H and O–H groups in total. The molecule has 0 bridgehead atoms. The molecule has 0 aliphatic heterocycles. The van der Waals surface area contributed by atoms with Crippen molar-refractivity contribution in [1.29, 1.82) is 0 Å². The molecule has 0 spiro atoms. The van der Waals surface area contributed by atoms with Gasteiger partial charge in [0.1, 0.15) is 5.82 Å². The summed E-state index contributed by atoms with van der Waals surface area (Å²) in [6, 6.07) is 0. The summed E-state index contributed by atoms with van der Waals surface area (Å²) in [4.78, 5) is 0. The maximum absolute atomic E-state index is 5.57. The van der Waals surface area contributed by atoms with E-state index >= 15 is 0 Å². The van der Waals surface area contributed by atoms with Gasteiger partial charge in [-0.05, 0) is 19.3 Å². The number of hydrogen-bond acceptors (Lipinski definition) is 4. The summed E-state index contributed by atoms with van der Waals surface area (Å²) in [5.41, 5.74) is 0.0196. The van der Waals surface area contributed by atoms with E-state index in [1.165, 1.54) is 6.42 Å². The first-order valence-corrected chi connectivity index (χ1v) is 5.32. The van der Waals surface area contributed by atoms with E-state index in [-0.39, 0.29) is 5.60 Å². The third-order valence-corrected chi connectivity index (χ3v) is 3.37. The Balaban J connectivity index is 2.13. The number of ether oxygens (including phenoxy) is 1. The van der Waals surface area contributed by atoms with Crippen molar-refractivity contribution in [3.8, 4) is 0 Å². The van der Waals surface area contributed by atoms with E-state index in [1.807, 2.05) is 18.7 Å². The molecule has 0 atom stereocenters. The average Bonchev–Trinajstić information content (AvgIpc) is 2.53. The summed E-state index contributed by atoms with van der Waals surface area (Å²) < 4.78 is 7.56. The van der Waals surface area contributed by atoms with Crippen molar-refractivity contribution in [2.75, 3.05) is 19.5 Å². The Labute approximate surface area is 89.8 Å². The lowest BCUT2D eigenvalue weighted by molar-refractivity contribution is -0.0725. The maximum Gasteiger partial charge on any atom is 0.224 e. The van der Waals surface area contributed by atoms with Crippen LogP contribution in [0.1, 0.15) is 25.1 Å². The van der Waals surface area contributed by atoms with Crippen molar-refractivity contribution in [3.05, 3.63) is 5.82 Å². The van der Waals surface area contributed by atoms with Crippen molar-refractivity contribution in [1.82, 2.24) is 14.8 Å². The second-order valence-corrected chi connectivity index (χ2v) is 4.17. The number of aromatic nitrogens is 3. The zero-order chi connectivity index (χ0) is 10.9. The van der Waals surface area contributed by atoms with Crippen LogP contribution in [-0.4, -0.2) is 34.5 Å². The van der Waals surface area contributed by atoms with Crippen LogP contribution in [0, 0.1) is 0 Å². The summed E-state index contributed by atoms with van der Waals surface area (Å²) >= 11 is 0. The fraction of sp³-hybridized carbons (Fsp3) is 0.800. The van der Waals surface area contributed by atoms with Crippen LogP contribution in [0.2, 0.25) is 0 Å². The summed E-state index contributed by atoms with van der Waals surface area (Å²) in [5.74, 6) is 1.79. The molecule has 2 rings (SSSR count). The molecule has 1 aromatic heterocycles. The van der Waals surface area contributed by atoms with Gasteiger partial charge in [0.2, 0.25) is 5.95 Å². The van der Waals surface area contributed by atoms with Crippen molar-refractivity contribution in [2.24, 2.45) is 7.05 Å². The average molecular weight is 210 g/mol. The van der Waals surface area contributed by atoms with E-state index in [0.29, 0.717) is 0 Å². The van der Waals surface area contributed by atoms with E-state index in [0.717, 1.165) is 31.0 Å². The zero-order valence-electron chi connectivity index (χ0n) is 9.58. The molecule has 1 fully saturated rings. The highest BCUT2D eigenvalue weighted by Gasteiger charge is 2.38. The van der Waals surface area contributed by atoms with Gasteiger partial charge >= 0.3 is 0 Å². The molecule has 0 saturated heterocycles. The summed E-state index contributed by atoms with van der Waals surface area (Å²) in [6.45, 7) is 0. The SMILES string of the molecule is CNc1nnc(CC2(OC)CCC2)n1C. The van der Waals surface area contributed by atoms with Crippen molar-refractivity contribution < 1.29 is 4.74 Å². The van der Waals surface area contributed by atoms with Gasteiger partial charge in [-0.15, -0.1) is 10.2 Å². The van der Waals surface area contributed by atoms with Gasteiger partial charge in [-0.1, -0.05) is 0 Å². The summed E-state index contributed by atoms with van der Waals surface area (Å²) in [7, 11) is 5.61. The lowest BCUT2D eigenvalue weighted by atomic mass is 9.77. The lowest BCUT2D eigenvalue weighted by Crippen LogP contribution is -2.42. The van der Waals surface area contributed by atoms with E-state index in [1.54, 1.807) is 7.11 Å². The Bertz CT molecular complexity index is 338. The fourth-order valence-corrected chi connectivity index (χ4v) is 2.05. The Kier molecular flexibility index (Phi) is 2.65. The molecule has 1 aliphatic carbocycles. The monoisotopic (exact) mass is 210 g/mol. The molecule has 1 saturated carbocycles. The molecular weight excluding hydrogens is 192 g/mol. The van der Waals surface area contributed by atoms with Crippen LogP contribution in [0.25, 0.3) is 0 Å². The molecule has 0 unspecified atom stereocenters. The minimum absolute atomic E-state index is 0.0196. The van der Waals surface area contributed by atoms with Crippen molar-refractivity contribution in [3.63, 3.8) is 0 Å². The standard InChI is InChI=1S/C10H18N4O/c1-11-9-13-12-8(14(9)2)7-10(15-3)5-4-6-10/h4-7H2,1-3H3,(H,11,13). The lowest BCUT2D eigenvalue weighted by Gasteiger charge is -2.40. The van der Waals surface area contributed by atoms with Gasteiger partial charge in [0.15, 0.2) is 0 Å². The number of nitrogens with zero attached hydrogens (tertiary/aromatic N) is 3. The quantitative estimate of drug-likeness (QED) is 0.804. The highest BCUT2D eigenvalue weighted by Crippen LogP contribution is 2.37. The molecular formula is C10H18N4O. The Morgan fingerprint density at radius 1 is 1.47 bits per heavy atom. The molecule has 0 aromatic carbocycles. The summed E-state index contributed by atoms with van der Waals surface area (Å²) in [5, 5.41) is 11.2. The predicted molar refractivity (Wildman–Crippen MR) is 57.8 cm³/mol. The molecule has 1 aliphatic rings. The highest BCUT2D eigenvalue weighted by atomic mass is 16.5. The topological polar surface area (TPSA) is 52.0 Å². The van der Waals surface area contributed by atoms with Crippen molar-refractivity contribution in [2.45, 2.75) is 31.3 Å². The van der Waals surface area contributed by atoms with Crippen LogP contribution in [0.3, 0.4) is 0 Å². The van der Waals surface area contributed by atoms with Gasteiger partial charge in [0.05, 0.1) is 5.60 Å². The second kappa shape index (κ2) is 3.81. The fourth-order valence-electron chi connectivity index (χ4n) is 2.05. The minimum atomic E-state index is 0.0196. The Morgan fingerprint density at radius 3 is 2.60 bits per heavy atom. The van der Waals surface area contributed by atoms with Gasteiger partial charge in [0.25, 0.3) is 0 Å². The van der Waals surface area contributed by atoms with Gasteiger partial charge in [-0.3, -0.25) is 0 Å². The van der Waals surface area contributed by atoms with Crippen LogP contribution in [-0.2, 0) is 18.2 Å². The smallest absolute Gasteiger partial charge is 0.224 e.